The molecule has 0 saturated heterocycles. The van der Waals surface area contributed by atoms with E-state index in [1.165, 1.54) is 4.70 Å². The summed E-state index contributed by atoms with van der Waals surface area (Å²) in [6.07, 6.45) is 2.67. The van der Waals surface area contributed by atoms with Crippen LogP contribution in [0.3, 0.4) is 0 Å². The molecule has 3 aromatic rings. The van der Waals surface area contributed by atoms with Gasteiger partial charge in [-0.1, -0.05) is 12.1 Å². The van der Waals surface area contributed by atoms with Gasteiger partial charge in [0.1, 0.15) is 5.01 Å². The Morgan fingerprint density at radius 2 is 2.10 bits per heavy atom. The first-order valence-electron chi connectivity index (χ1n) is 6.39. The molecule has 5 heteroatoms. The number of nitrogens with one attached hydrogen (secondary N) is 1. The van der Waals surface area contributed by atoms with Crippen LogP contribution in [-0.4, -0.2) is 17.0 Å². The molecular weight excluding hydrogens is 334 g/mol. The fourth-order valence-corrected chi connectivity index (χ4v) is 3.40. The van der Waals surface area contributed by atoms with Crippen molar-refractivity contribution in [3.8, 4) is 0 Å². The van der Waals surface area contributed by atoms with Gasteiger partial charge in [0.05, 0.1) is 16.3 Å². The second kappa shape index (κ2) is 5.99. The van der Waals surface area contributed by atoms with Crippen molar-refractivity contribution in [3.63, 3.8) is 0 Å². The van der Waals surface area contributed by atoms with Crippen molar-refractivity contribution in [1.29, 1.82) is 0 Å². The van der Waals surface area contributed by atoms with Crippen LogP contribution in [0.1, 0.15) is 16.7 Å². The van der Waals surface area contributed by atoms with Gasteiger partial charge < -0.3 is 5.32 Å². The molecule has 1 aromatic carbocycles. The first kappa shape index (κ1) is 13.7. The predicted octanol–water partition coefficient (Wildman–Crippen LogP) is 3.96. The number of thiazole rings is 1. The zero-order chi connectivity index (χ0) is 13.9. The molecule has 1 unspecified atom stereocenters. The number of para-hydroxylation sites is 1. The smallest absolute Gasteiger partial charge is 0.111 e. The van der Waals surface area contributed by atoms with E-state index in [9.17, 15) is 0 Å². The number of pyridine rings is 1. The third-order valence-electron chi connectivity index (χ3n) is 3.16. The number of halogens is 1. The van der Waals surface area contributed by atoms with Gasteiger partial charge in [-0.25, -0.2) is 4.98 Å². The van der Waals surface area contributed by atoms with E-state index < -0.39 is 0 Å². The summed E-state index contributed by atoms with van der Waals surface area (Å²) in [6, 6.07) is 12.5. The van der Waals surface area contributed by atoms with Crippen LogP contribution < -0.4 is 5.32 Å². The van der Waals surface area contributed by atoms with Crippen molar-refractivity contribution in [3.05, 3.63) is 57.8 Å². The summed E-state index contributed by atoms with van der Waals surface area (Å²) in [6.45, 7) is 0. The van der Waals surface area contributed by atoms with Crippen molar-refractivity contribution in [2.45, 2.75) is 12.5 Å². The second-order valence-electron chi connectivity index (χ2n) is 4.53. The summed E-state index contributed by atoms with van der Waals surface area (Å²) in [5.41, 5.74) is 2.13. The highest BCUT2D eigenvalue weighted by Crippen LogP contribution is 2.27. The van der Waals surface area contributed by atoms with Crippen LogP contribution in [0.4, 0.5) is 0 Å². The molecular formula is C15H14BrN3S. The minimum atomic E-state index is 0.195. The average molecular weight is 348 g/mol. The van der Waals surface area contributed by atoms with E-state index in [4.69, 9.17) is 4.98 Å². The molecule has 1 N–H and O–H groups in total. The summed E-state index contributed by atoms with van der Waals surface area (Å²) < 4.78 is 2.23. The van der Waals surface area contributed by atoms with Crippen LogP contribution >= 0.6 is 27.3 Å². The highest BCUT2D eigenvalue weighted by atomic mass is 79.9. The lowest BCUT2D eigenvalue weighted by molar-refractivity contribution is 0.582. The topological polar surface area (TPSA) is 37.8 Å². The lowest BCUT2D eigenvalue weighted by atomic mass is 10.1. The van der Waals surface area contributed by atoms with E-state index in [-0.39, 0.29) is 6.04 Å². The Morgan fingerprint density at radius 1 is 1.25 bits per heavy atom. The van der Waals surface area contributed by atoms with Gasteiger partial charge in [-0.05, 0) is 47.2 Å². The number of likely N-dealkylation sites (N-methyl/N-ethyl adjacent to an activating group) is 1. The Hall–Kier alpha value is -1.30. The fourth-order valence-electron chi connectivity index (χ4n) is 2.09. The maximum absolute atomic E-state index is 4.72. The van der Waals surface area contributed by atoms with Gasteiger partial charge in [0.15, 0.2) is 0 Å². The summed E-state index contributed by atoms with van der Waals surface area (Å²) >= 11 is 5.15. The van der Waals surface area contributed by atoms with Crippen molar-refractivity contribution in [1.82, 2.24) is 15.3 Å². The monoisotopic (exact) mass is 347 g/mol. The zero-order valence-electron chi connectivity index (χ0n) is 11.0. The van der Waals surface area contributed by atoms with Crippen LogP contribution in [0.15, 0.2) is 47.1 Å². The van der Waals surface area contributed by atoms with E-state index in [1.807, 2.05) is 31.4 Å². The lowest BCUT2D eigenvalue weighted by Crippen LogP contribution is -2.19. The largest absolute Gasteiger partial charge is 0.311 e. The first-order valence-corrected chi connectivity index (χ1v) is 8.00. The van der Waals surface area contributed by atoms with E-state index in [1.54, 1.807) is 11.3 Å². The SMILES string of the molecule is CNC(Cc1ccc(Br)cn1)c1nc2ccccc2s1. The number of fused-ring (bicyclic) bond motifs is 1. The van der Waals surface area contributed by atoms with Gasteiger partial charge in [-0.2, -0.15) is 0 Å². The molecule has 0 aliphatic carbocycles. The molecule has 1 atom stereocenters. The fraction of sp³-hybridized carbons (Fsp3) is 0.200. The highest BCUT2D eigenvalue weighted by molar-refractivity contribution is 9.10. The van der Waals surface area contributed by atoms with Gasteiger partial charge in [0.25, 0.3) is 0 Å². The van der Waals surface area contributed by atoms with E-state index in [0.717, 1.165) is 27.1 Å². The Balaban J connectivity index is 1.87. The molecule has 102 valence electrons. The maximum atomic E-state index is 4.72. The quantitative estimate of drug-likeness (QED) is 0.776. The minimum Gasteiger partial charge on any atom is -0.311 e. The molecule has 0 aliphatic rings. The highest BCUT2D eigenvalue weighted by Gasteiger charge is 2.15. The standard InChI is InChI=1S/C15H14BrN3S/c1-17-13(8-11-7-6-10(16)9-18-11)15-19-12-4-2-3-5-14(12)20-15/h2-7,9,13,17H,8H2,1H3. The average Bonchev–Trinajstić information content (AvgIpc) is 2.90. The number of aromatic nitrogens is 2. The Bertz CT molecular complexity index is 675. The Labute approximate surface area is 130 Å². The van der Waals surface area contributed by atoms with Gasteiger partial charge in [-0.15, -0.1) is 11.3 Å². The lowest BCUT2D eigenvalue weighted by Gasteiger charge is -2.12. The molecule has 2 aromatic heterocycles. The Morgan fingerprint density at radius 3 is 2.80 bits per heavy atom. The summed E-state index contributed by atoms with van der Waals surface area (Å²) in [4.78, 5) is 9.15. The van der Waals surface area contributed by atoms with Crippen LogP contribution in [0, 0.1) is 0 Å². The summed E-state index contributed by atoms with van der Waals surface area (Å²) in [5, 5.41) is 4.45. The number of benzene rings is 1. The van der Waals surface area contributed by atoms with Crippen molar-refractivity contribution in [2.75, 3.05) is 7.05 Å². The number of rotatable bonds is 4. The predicted molar refractivity (Wildman–Crippen MR) is 87.1 cm³/mol. The van der Waals surface area contributed by atoms with Crippen LogP contribution in [0.2, 0.25) is 0 Å². The van der Waals surface area contributed by atoms with Crippen molar-refractivity contribution >= 4 is 37.5 Å². The van der Waals surface area contributed by atoms with Crippen LogP contribution in [-0.2, 0) is 6.42 Å². The third-order valence-corrected chi connectivity index (χ3v) is 4.78. The maximum Gasteiger partial charge on any atom is 0.111 e. The molecule has 0 aliphatic heterocycles. The van der Waals surface area contributed by atoms with Crippen molar-refractivity contribution < 1.29 is 0 Å². The summed E-state index contributed by atoms with van der Waals surface area (Å²) in [7, 11) is 1.97. The number of hydrogen-bond acceptors (Lipinski definition) is 4. The minimum absolute atomic E-state index is 0.195. The molecule has 3 nitrogen and oxygen atoms in total. The van der Waals surface area contributed by atoms with Gasteiger partial charge in [0, 0.05) is 22.8 Å². The third kappa shape index (κ3) is 2.90. The molecule has 3 rings (SSSR count). The molecule has 0 radical (unpaired) electrons. The van der Waals surface area contributed by atoms with Gasteiger partial charge in [-0.3, -0.25) is 4.98 Å². The molecule has 0 fully saturated rings. The molecule has 0 saturated carbocycles. The molecule has 20 heavy (non-hydrogen) atoms. The molecule has 2 heterocycles. The van der Waals surface area contributed by atoms with Crippen LogP contribution in [0.25, 0.3) is 10.2 Å². The normalized spacial score (nSPS) is 12.7. The van der Waals surface area contributed by atoms with Gasteiger partial charge >= 0.3 is 0 Å². The number of hydrogen-bond donors (Lipinski definition) is 1. The van der Waals surface area contributed by atoms with Crippen LogP contribution in [0.5, 0.6) is 0 Å². The van der Waals surface area contributed by atoms with E-state index in [2.05, 4.69) is 44.4 Å². The first-order chi connectivity index (χ1) is 9.76. The van der Waals surface area contributed by atoms with E-state index in [0.29, 0.717) is 0 Å². The number of nitrogens with zero attached hydrogens (tertiary/aromatic N) is 2. The van der Waals surface area contributed by atoms with E-state index >= 15 is 0 Å². The molecule has 0 amide bonds. The van der Waals surface area contributed by atoms with Gasteiger partial charge in [0.2, 0.25) is 0 Å². The Kier molecular flexibility index (Phi) is 4.10. The zero-order valence-corrected chi connectivity index (χ0v) is 13.4. The van der Waals surface area contributed by atoms with Crippen molar-refractivity contribution in [2.24, 2.45) is 0 Å². The summed E-state index contributed by atoms with van der Waals surface area (Å²) in [5.74, 6) is 0. The second-order valence-corrected chi connectivity index (χ2v) is 6.51. The molecule has 0 spiro atoms. The molecule has 0 bridgehead atoms.